The number of aromatic nitrogens is 5. The van der Waals surface area contributed by atoms with Crippen LogP contribution in [0.1, 0.15) is 109 Å². The number of nitrogens with zero attached hydrogens (tertiary/aromatic N) is 7. The second-order valence-corrected chi connectivity index (χ2v) is 16.1. The minimum absolute atomic E-state index is 0.155. The van der Waals surface area contributed by atoms with Crippen LogP contribution in [0.15, 0.2) is 71.8 Å². The number of fused-ring (bicyclic) bond motifs is 2. The standard InChI is InChI=1S/C41H56N10O4/c1-27-11-10-12-28(2)51(27)40-48-47-37-19-16-30(26-50(37)40)55-34-18-17-33(31-13-6-7-14-32(31)34)45-39(52)46-36(23-35(42)41(3,4)5)44-29-24-43-49(25-29)20-22-54-38-15-8-9-21-53-38/h6-7,13-14,16,19,23-28,33-34,38H,8-12,15,17-18,20-22,42H2,1-5H3,(H2,44,45,46,52)/t27-,28+,33-,34+,38?/m0/s1. The maximum absolute atomic E-state index is 13.7. The monoisotopic (exact) mass is 752 g/mol. The number of allylic oxidation sites excluding steroid dienone is 1. The lowest BCUT2D eigenvalue weighted by Crippen LogP contribution is -2.44. The first-order valence-corrected chi connectivity index (χ1v) is 19.8. The summed E-state index contributed by atoms with van der Waals surface area (Å²) in [5.74, 6) is 1.91. The highest BCUT2D eigenvalue weighted by atomic mass is 16.7. The fourth-order valence-electron chi connectivity index (χ4n) is 7.67. The molecule has 2 aliphatic heterocycles. The number of hydrogen-bond donors (Lipinski definition) is 3. The number of carbonyl (C=O) groups excluding carboxylic acids is 1. The average Bonchev–Trinajstić information content (AvgIpc) is 3.79. The predicted octanol–water partition coefficient (Wildman–Crippen LogP) is 7.11. The minimum Gasteiger partial charge on any atom is -0.484 e. The van der Waals surface area contributed by atoms with Crippen molar-refractivity contribution in [2.75, 3.05) is 18.1 Å². The lowest BCUT2D eigenvalue weighted by molar-refractivity contribution is -0.163. The summed E-state index contributed by atoms with van der Waals surface area (Å²) < 4.78 is 22.0. The number of nitrogens with two attached hydrogens (primary N) is 1. The molecule has 1 aromatic carbocycles. The zero-order chi connectivity index (χ0) is 38.5. The molecule has 0 bridgehead atoms. The lowest BCUT2D eigenvalue weighted by atomic mass is 9.85. The van der Waals surface area contributed by atoms with Crippen molar-refractivity contribution in [2.45, 2.75) is 123 Å². The van der Waals surface area contributed by atoms with Gasteiger partial charge in [0.1, 0.15) is 23.4 Å². The molecule has 7 rings (SSSR count). The van der Waals surface area contributed by atoms with E-state index < -0.39 is 0 Å². The molecule has 3 aliphatic rings. The van der Waals surface area contributed by atoms with E-state index in [-0.39, 0.29) is 29.9 Å². The molecule has 14 nitrogen and oxygen atoms in total. The second kappa shape index (κ2) is 16.8. The number of hydrogen-bond acceptors (Lipinski definition) is 10. The van der Waals surface area contributed by atoms with Crippen LogP contribution in [0.25, 0.3) is 5.65 Å². The van der Waals surface area contributed by atoms with Crippen LogP contribution in [0, 0.1) is 5.41 Å². The summed E-state index contributed by atoms with van der Waals surface area (Å²) in [7, 11) is 0. The third-order valence-electron chi connectivity index (χ3n) is 10.8. The summed E-state index contributed by atoms with van der Waals surface area (Å²) >= 11 is 0. The van der Waals surface area contributed by atoms with Gasteiger partial charge in [0.25, 0.3) is 0 Å². The molecule has 1 aliphatic carbocycles. The first kappa shape index (κ1) is 38.3. The summed E-state index contributed by atoms with van der Waals surface area (Å²) in [4.78, 5) is 20.8. The minimum atomic E-state index is -0.379. The van der Waals surface area contributed by atoms with Gasteiger partial charge < -0.3 is 30.2 Å². The Kier molecular flexibility index (Phi) is 11.7. The number of carbonyl (C=O) groups is 1. The lowest BCUT2D eigenvalue weighted by Gasteiger charge is -2.39. The van der Waals surface area contributed by atoms with Crippen LogP contribution in [0.4, 0.5) is 16.4 Å². The third kappa shape index (κ3) is 9.30. The summed E-state index contributed by atoms with van der Waals surface area (Å²) in [6.07, 6.45) is 14.8. The Morgan fingerprint density at radius 1 is 1.00 bits per heavy atom. The maximum atomic E-state index is 13.7. The number of benzene rings is 1. The number of pyridine rings is 1. The Bertz CT molecular complexity index is 1980. The van der Waals surface area contributed by atoms with Crippen molar-refractivity contribution < 1.29 is 19.0 Å². The van der Waals surface area contributed by atoms with E-state index in [2.05, 4.69) is 56.8 Å². The van der Waals surface area contributed by atoms with Crippen molar-refractivity contribution in [3.63, 3.8) is 0 Å². The van der Waals surface area contributed by atoms with Gasteiger partial charge in [0.15, 0.2) is 11.9 Å². The van der Waals surface area contributed by atoms with Crippen LogP contribution < -0.4 is 26.0 Å². The van der Waals surface area contributed by atoms with Gasteiger partial charge in [-0.1, -0.05) is 45.0 Å². The Morgan fingerprint density at radius 3 is 2.56 bits per heavy atom. The molecule has 5 atom stereocenters. The van der Waals surface area contributed by atoms with Crippen LogP contribution in [0.5, 0.6) is 5.75 Å². The number of rotatable bonds is 10. The van der Waals surface area contributed by atoms with Crippen LogP contribution in [0.3, 0.4) is 0 Å². The van der Waals surface area contributed by atoms with Gasteiger partial charge in [0, 0.05) is 35.9 Å². The molecule has 3 aromatic heterocycles. The van der Waals surface area contributed by atoms with E-state index in [0.717, 1.165) is 67.2 Å². The second-order valence-electron chi connectivity index (χ2n) is 16.1. The molecular formula is C41H56N10O4. The molecule has 0 saturated carbocycles. The molecule has 294 valence electrons. The SMILES string of the molecule is C[C@@H]1CCC[C@H](C)N1c1nnc2ccc(O[C@@H]3CC[C@H](NC(=O)NC(C=C(N)C(C)(C)C)=Nc4cnn(CCOC5CCCCO5)c4)c4ccccc43)cn12. The van der Waals surface area contributed by atoms with E-state index in [9.17, 15) is 4.79 Å². The molecule has 2 saturated heterocycles. The summed E-state index contributed by atoms with van der Waals surface area (Å²) in [5, 5.41) is 19.6. The number of aliphatic imine (C=N–C) groups is 1. The summed E-state index contributed by atoms with van der Waals surface area (Å²) in [6.45, 7) is 12.3. The van der Waals surface area contributed by atoms with Gasteiger partial charge in [-0.05, 0) is 88.5 Å². The molecule has 0 spiro atoms. The molecular weight excluding hydrogens is 697 g/mol. The number of nitrogens with one attached hydrogen (secondary N) is 2. The van der Waals surface area contributed by atoms with Gasteiger partial charge in [0.05, 0.1) is 37.8 Å². The topological polar surface area (TPSA) is 158 Å². The van der Waals surface area contributed by atoms with Crippen LogP contribution in [0.2, 0.25) is 0 Å². The zero-order valence-corrected chi connectivity index (χ0v) is 32.8. The van der Waals surface area contributed by atoms with Crippen molar-refractivity contribution in [3.05, 3.63) is 77.9 Å². The predicted molar refractivity (Wildman–Crippen MR) is 212 cm³/mol. The zero-order valence-electron chi connectivity index (χ0n) is 32.8. The molecule has 5 heterocycles. The van der Waals surface area contributed by atoms with Gasteiger partial charge in [-0.3, -0.25) is 14.4 Å². The van der Waals surface area contributed by atoms with Crippen molar-refractivity contribution in [2.24, 2.45) is 16.1 Å². The fourth-order valence-corrected chi connectivity index (χ4v) is 7.67. The largest absolute Gasteiger partial charge is 0.484 e. The number of ether oxygens (including phenoxy) is 3. The van der Waals surface area contributed by atoms with E-state index in [4.69, 9.17) is 24.9 Å². The molecule has 4 N–H and O–H groups in total. The first-order chi connectivity index (χ1) is 26.5. The average molecular weight is 753 g/mol. The number of piperidine rings is 1. The highest BCUT2D eigenvalue weighted by Crippen LogP contribution is 2.39. The fraction of sp³-hybridized carbons (Fsp3) is 0.537. The number of urea groups is 1. The van der Waals surface area contributed by atoms with Crippen molar-refractivity contribution >= 4 is 29.1 Å². The summed E-state index contributed by atoms with van der Waals surface area (Å²) in [6, 6.07) is 12.2. The molecule has 4 aromatic rings. The molecule has 1 unspecified atom stereocenters. The van der Waals surface area contributed by atoms with E-state index >= 15 is 0 Å². The maximum Gasteiger partial charge on any atom is 0.320 e. The van der Waals surface area contributed by atoms with Crippen molar-refractivity contribution in [1.29, 1.82) is 0 Å². The molecule has 2 amide bonds. The van der Waals surface area contributed by atoms with Gasteiger partial charge in [-0.25, -0.2) is 9.79 Å². The van der Waals surface area contributed by atoms with Crippen LogP contribution in [-0.2, 0) is 16.0 Å². The van der Waals surface area contributed by atoms with E-state index in [0.29, 0.717) is 55.3 Å². The van der Waals surface area contributed by atoms with Gasteiger partial charge in [0.2, 0.25) is 5.95 Å². The van der Waals surface area contributed by atoms with E-state index in [1.54, 1.807) is 17.0 Å². The van der Waals surface area contributed by atoms with Crippen molar-refractivity contribution in [3.8, 4) is 5.75 Å². The normalized spacial score (nSPS) is 23.7. The number of amides is 2. The van der Waals surface area contributed by atoms with Crippen LogP contribution >= 0.6 is 0 Å². The smallest absolute Gasteiger partial charge is 0.320 e. The van der Waals surface area contributed by atoms with Gasteiger partial charge in [-0.2, -0.15) is 5.10 Å². The molecule has 2 fully saturated rings. The Morgan fingerprint density at radius 2 is 1.80 bits per heavy atom. The number of anilines is 1. The Labute approximate surface area is 323 Å². The molecule has 14 heteroatoms. The van der Waals surface area contributed by atoms with Crippen molar-refractivity contribution in [1.82, 2.24) is 35.0 Å². The van der Waals surface area contributed by atoms with Gasteiger partial charge in [-0.15, -0.1) is 10.2 Å². The van der Waals surface area contributed by atoms with E-state index in [1.165, 1.54) is 6.42 Å². The van der Waals surface area contributed by atoms with Crippen LogP contribution in [-0.4, -0.2) is 67.8 Å². The number of amidine groups is 1. The quantitative estimate of drug-likeness (QED) is 0.113. The van der Waals surface area contributed by atoms with E-state index in [1.807, 2.05) is 61.8 Å². The molecule has 55 heavy (non-hydrogen) atoms. The van der Waals surface area contributed by atoms with Gasteiger partial charge >= 0.3 is 6.03 Å². The molecule has 0 radical (unpaired) electrons. The highest BCUT2D eigenvalue weighted by molar-refractivity contribution is 6.05. The Balaban J connectivity index is 1.03. The highest BCUT2D eigenvalue weighted by Gasteiger charge is 2.31. The third-order valence-corrected chi connectivity index (χ3v) is 10.8. The Hall–Kier alpha value is -4.95. The summed E-state index contributed by atoms with van der Waals surface area (Å²) in [5.41, 5.74) is 10.1. The first-order valence-electron chi connectivity index (χ1n) is 19.8.